The lowest BCUT2D eigenvalue weighted by molar-refractivity contribution is -0.385. The van der Waals surface area contributed by atoms with Crippen molar-refractivity contribution in [1.82, 2.24) is 10.3 Å². The van der Waals surface area contributed by atoms with Gasteiger partial charge in [0, 0.05) is 24.9 Å². The molecule has 1 fully saturated rings. The zero-order chi connectivity index (χ0) is 14.5. The van der Waals surface area contributed by atoms with Gasteiger partial charge in [-0.1, -0.05) is 0 Å². The van der Waals surface area contributed by atoms with Crippen molar-refractivity contribution in [3.8, 4) is 0 Å². The number of hydrogen-bond donors (Lipinski definition) is 2. The van der Waals surface area contributed by atoms with Crippen molar-refractivity contribution in [3.05, 3.63) is 27.9 Å². The minimum atomic E-state index is -0.586. The van der Waals surface area contributed by atoms with E-state index < -0.39 is 10.8 Å². The quantitative estimate of drug-likeness (QED) is 0.648. The molecule has 7 nitrogen and oxygen atoms in total. The van der Waals surface area contributed by atoms with Crippen LogP contribution >= 0.6 is 11.8 Å². The fraction of sp³-hybridized carbons (Fsp3) is 0.500. The second kappa shape index (κ2) is 6.56. The normalized spacial score (nSPS) is 18.4. The smallest absolute Gasteiger partial charge is 0.300 e. The molecular weight excluding hydrogens is 280 g/mol. The molecule has 2 N–H and O–H groups in total. The van der Waals surface area contributed by atoms with Crippen LogP contribution in [0.3, 0.4) is 0 Å². The van der Waals surface area contributed by atoms with Gasteiger partial charge < -0.3 is 10.6 Å². The van der Waals surface area contributed by atoms with Gasteiger partial charge in [0.15, 0.2) is 0 Å². The molecule has 8 heteroatoms. The summed E-state index contributed by atoms with van der Waals surface area (Å²) in [6.45, 7) is 0. The summed E-state index contributed by atoms with van der Waals surface area (Å²) in [5.41, 5.74) is -0.227. The predicted molar refractivity (Wildman–Crippen MR) is 78.3 cm³/mol. The minimum absolute atomic E-state index is 0.0462. The van der Waals surface area contributed by atoms with Gasteiger partial charge >= 0.3 is 0 Å². The average Bonchev–Trinajstić information content (AvgIpc) is 2.47. The number of nitro groups is 1. The Morgan fingerprint density at radius 3 is 3.00 bits per heavy atom. The Balaban J connectivity index is 2.20. The molecule has 1 unspecified atom stereocenters. The Morgan fingerprint density at radius 1 is 1.60 bits per heavy atom. The maximum Gasteiger partial charge on any atom is 0.300 e. The van der Waals surface area contributed by atoms with Crippen LogP contribution < -0.4 is 10.6 Å². The molecule has 1 saturated heterocycles. The van der Waals surface area contributed by atoms with E-state index in [1.54, 1.807) is 18.8 Å². The van der Waals surface area contributed by atoms with E-state index >= 15 is 0 Å². The van der Waals surface area contributed by atoms with E-state index in [1.165, 1.54) is 6.07 Å². The third-order valence-electron chi connectivity index (χ3n) is 3.08. The molecule has 2 rings (SSSR count). The van der Waals surface area contributed by atoms with Crippen molar-refractivity contribution < 1.29 is 9.72 Å². The summed E-state index contributed by atoms with van der Waals surface area (Å²) in [5.74, 6) is 1.97. The number of aromatic nitrogens is 1. The molecule has 0 radical (unpaired) electrons. The van der Waals surface area contributed by atoms with E-state index in [4.69, 9.17) is 0 Å². The second-order valence-electron chi connectivity index (χ2n) is 4.48. The molecule has 20 heavy (non-hydrogen) atoms. The number of nitrogens with one attached hydrogen (secondary N) is 2. The number of carbonyl (C=O) groups excluding carboxylic acids is 1. The molecule has 108 valence electrons. The van der Waals surface area contributed by atoms with E-state index in [1.807, 2.05) is 0 Å². The lowest BCUT2D eigenvalue weighted by Gasteiger charge is -2.22. The number of carbonyl (C=O) groups is 1. The molecule has 0 aliphatic carbocycles. The Bertz CT molecular complexity index is 517. The number of hydrogen-bond acceptors (Lipinski definition) is 6. The average molecular weight is 296 g/mol. The summed E-state index contributed by atoms with van der Waals surface area (Å²) in [6, 6.07) is 1.48. The van der Waals surface area contributed by atoms with Gasteiger partial charge in [0.05, 0.1) is 4.92 Å². The van der Waals surface area contributed by atoms with Crippen LogP contribution in [-0.2, 0) is 0 Å². The number of thioether (sulfide) groups is 1. The van der Waals surface area contributed by atoms with Crippen LogP contribution in [0.5, 0.6) is 0 Å². The zero-order valence-corrected chi connectivity index (χ0v) is 11.9. The molecule has 2 heterocycles. The maximum atomic E-state index is 12.2. The summed E-state index contributed by atoms with van der Waals surface area (Å²) in [7, 11) is 1.65. The fourth-order valence-electron chi connectivity index (χ4n) is 2.03. The largest absolute Gasteiger partial charge is 0.373 e. The van der Waals surface area contributed by atoms with Crippen molar-refractivity contribution >= 4 is 29.2 Å². The molecule has 1 aromatic heterocycles. The first-order chi connectivity index (χ1) is 9.61. The van der Waals surface area contributed by atoms with Gasteiger partial charge in [-0.15, -0.1) is 0 Å². The van der Waals surface area contributed by atoms with Crippen molar-refractivity contribution in [3.63, 3.8) is 0 Å². The van der Waals surface area contributed by atoms with Gasteiger partial charge in [-0.2, -0.15) is 11.8 Å². The Kier molecular flexibility index (Phi) is 4.78. The van der Waals surface area contributed by atoms with Crippen LogP contribution in [0.25, 0.3) is 0 Å². The highest BCUT2D eigenvalue weighted by Crippen LogP contribution is 2.22. The third kappa shape index (κ3) is 3.38. The van der Waals surface area contributed by atoms with Crippen LogP contribution in [0.2, 0.25) is 0 Å². The van der Waals surface area contributed by atoms with Gasteiger partial charge in [-0.3, -0.25) is 14.9 Å². The van der Waals surface area contributed by atoms with E-state index in [9.17, 15) is 14.9 Å². The fourth-order valence-corrected chi connectivity index (χ4v) is 3.10. The first-order valence-electron chi connectivity index (χ1n) is 6.32. The van der Waals surface area contributed by atoms with E-state index in [2.05, 4.69) is 15.6 Å². The number of nitrogens with zero attached hydrogens (tertiary/aromatic N) is 2. The molecule has 1 aliphatic rings. The molecule has 0 aromatic carbocycles. The minimum Gasteiger partial charge on any atom is -0.373 e. The first-order valence-corrected chi connectivity index (χ1v) is 7.48. The number of anilines is 1. The molecular formula is C12H16N4O3S. The Labute approximate surface area is 120 Å². The molecule has 0 saturated carbocycles. The highest BCUT2D eigenvalue weighted by Gasteiger charge is 2.24. The molecule has 0 spiro atoms. The standard InChI is InChI=1S/C12H16N4O3S/c1-13-11-5-9(10(6-14-11)16(18)19)12(17)15-8-3-2-4-20-7-8/h5-6,8H,2-4,7H2,1H3,(H,13,14)(H,15,17). The molecule has 1 amide bonds. The third-order valence-corrected chi connectivity index (χ3v) is 4.29. The van der Waals surface area contributed by atoms with Gasteiger partial charge in [0.25, 0.3) is 11.6 Å². The summed E-state index contributed by atoms with van der Waals surface area (Å²) in [6.07, 6.45) is 3.07. The first kappa shape index (κ1) is 14.6. The second-order valence-corrected chi connectivity index (χ2v) is 5.63. The lowest BCUT2D eigenvalue weighted by Crippen LogP contribution is -2.38. The van der Waals surface area contributed by atoms with Crippen molar-refractivity contribution in [2.45, 2.75) is 18.9 Å². The molecule has 1 atom stereocenters. The van der Waals surface area contributed by atoms with Crippen molar-refractivity contribution in [1.29, 1.82) is 0 Å². The van der Waals surface area contributed by atoms with Crippen LogP contribution in [0, 0.1) is 10.1 Å². The van der Waals surface area contributed by atoms with E-state index in [0.717, 1.165) is 30.5 Å². The van der Waals surface area contributed by atoms with Crippen molar-refractivity contribution in [2.75, 3.05) is 23.9 Å². The maximum absolute atomic E-state index is 12.2. The number of pyridine rings is 1. The molecule has 1 aromatic rings. The lowest BCUT2D eigenvalue weighted by atomic mass is 10.1. The summed E-state index contributed by atoms with van der Waals surface area (Å²) < 4.78 is 0. The van der Waals surface area contributed by atoms with E-state index in [0.29, 0.717) is 5.82 Å². The highest BCUT2D eigenvalue weighted by molar-refractivity contribution is 7.99. The molecule has 1 aliphatic heterocycles. The Hall–Kier alpha value is -1.83. The van der Waals surface area contributed by atoms with Crippen LogP contribution in [0.1, 0.15) is 23.2 Å². The predicted octanol–water partition coefficient (Wildman–Crippen LogP) is 1.66. The van der Waals surface area contributed by atoms with Crippen LogP contribution in [0.15, 0.2) is 12.3 Å². The van der Waals surface area contributed by atoms with Gasteiger partial charge in [-0.05, 0) is 18.6 Å². The van der Waals surface area contributed by atoms with Crippen molar-refractivity contribution in [2.24, 2.45) is 0 Å². The number of rotatable bonds is 4. The summed E-state index contributed by atoms with van der Waals surface area (Å²) in [5, 5.41) is 16.6. The molecule has 0 bridgehead atoms. The SMILES string of the molecule is CNc1cc(C(=O)NC2CCCSC2)c([N+](=O)[O-])cn1. The zero-order valence-electron chi connectivity index (χ0n) is 11.1. The summed E-state index contributed by atoms with van der Waals surface area (Å²) in [4.78, 5) is 26.5. The highest BCUT2D eigenvalue weighted by atomic mass is 32.2. The topological polar surface area (TPSA) is 97.2 Å². The van der Waals surface area contributed by atoms with Crippen LogP contribution in [0.4, 0.5) is 11.5 Å². The monoisotopic (exact) mass is 296 g/mol. The van der Waals surface area contributed by atoms with E-state index in [-0.39, 0.29) is 17.3 Å². The number of amides is 1. The summed E-state index contributed by atoms with van der Waals surface area (Å²) >= 11 is 1.79. The van der Waals surface area contributed by atoms with Gasteiger partial charge in [-0.25, -0.2) is 4.98 Å². The van der Waals surface area contributed by atoms with Gasteiger partial charge in [0.2, 0.25) is 0 Å². The Morgan fingerprint density at radius 2 is 2.40 bits per heavy atom. The van der Waals surface area contributed by atoms with Gasteiger partial charge in [0.1, 0.15) is 17.6 Å². The van der Waals surface area contributed by atoms with Crippen LogP contribution in [-0.4, -0.2) is 40.4 Å².